The van der Waals surface area contributed by atoms with E-state index in [1.807, 2.05) is 39.0 Å². The number of benzene rings is 1. The van der Waals surface area contributed by atoms with Crippen LogP contribution in [0, 0.1) is 5.41 Å². The topological polar surface area (TPSA) is 106 Å². The summed E-state index contributed by atoms with van der Waals surface area (Å²) in [4.78, 5) is 39.1. The zero-order valence-corrected chi connectivity index (χ0v) is 19.3. The maximum Gasteiger partial charge on any atom is 0.349 e. The zero-order valence-electron chi connectivity index (χ0n) is 19.3. The van der Waals surface area contributed by atoms with Crippen LogP contribution >= 0.6 is 0 Å². The number of unbranched alkanes of at least 4 members (excludes halogenated alkanes) is 1. The van der Waals surface area contributed by atoms with Crippen LogP contribution in [0.3, 0.4) is 0 Å². The summed E-state index contributed by atoms with van der Waals surface area (Å²) in [6.45, 7) is 11.8. The molecule has 1 atom stereocenters. The number of nitrogens with zero attached hydrogens (tertiary/aromatic N) is 1. The first-order chi connectivity index (χ1) is 14.6. The van der Waals surface area contributed by atoms with Gasteiger partial charge in [0, 0.05) is 42.2 Å². The average molecular weight is 430 g/mol. The number of fused-ring (bicyclic) bond motifs is 1. The number of ketones is 1. The molecule has 3 N–H and O–H groups in total. The van der Waals surface area contributed by atoms with Crippen molar-refractivity contribution >= 4 is 28.3 Å². The van der Waals surface area contributed by atoms with Gasteiger partial charge in [-0.3, -0.25) is 9.59 Å². The van der Waals surface area contributed by atoms with Crippen LogP contribution in [0.4, 0.5) is 5.69 Å². The third kappa shape index (κ3) is 6.40. The molecule has 31 heavy (non-hydrogen) atoms. The molecule has 7 heteroatoms. The first-order valence-electron chi connectivity index (χ1n) is 11.0. The summed E-state index contributed by atoms with van der Waals surface area (Å²) in [5, 5.41) is 3.45. The minimum absolute atomic E-state index is 0.0114. The monoisotopic (exact) mass is 429 g/mol. The van der Waals surface area contributed by atoms with Gasteiger partial charge in [0.2, 0.25) is 0 Å². The molecule has 2 rings (SSSR count). The van der Waals surface area contributed by atoms with E-state index in [-0.39, 0.29) is 11.3 Å². The maximum atomic E-state index is 12.5. The number of hydrogen-bond acceptors (Lipinski definition) is 6. The van der Waals surface area contributed by atoms with Crippen LogP contribution in [-0.4, -0.2) is 37.4 Å². The van der Waals surface area contributed by atoms with Crippen molar-refractivity contribution in [2.24, 2.45) is 11.1 Å². The van der Waals surface area contributed by atoms with E-state index in [4.69, 9.17) is 10.2 Å². The zero-order chi connectivity index (χ0) is 23.2. The van der Waals surface area contributed by atoms with Gasteiger partial charge in [-0.25, -0.2) is 4.79 Å². The third-order valence-electron chi connectivity index (χ3n) is 5.40. The van der Waals surface area contributed by atoms with Crippen LogP contribution in [-0.2, 0) is 4.79 Å². The fraction of sp³-hybridized carbons (Fsp3) is 0.542. The van der Waals surface area contributed by atoms with E-state index in [2.05, 4.69) is 24.1 Å². The van der Waals surface area contributed by atoms with Crippen molar-refractivity contribution in [3.63, 3.8) is 0 Å². The molecule has 0 aliphatic rings. The van der Waals surface area contributed by atoms with Gasteiger partial charge in [-0.15, -0.1) is 0 Å². The van der Waals surface area contributed by atoms with Crippen molar-refractivity contribution in [3.05, 3.63) is 40.2 Å². The van der Waals surface area contributed by atoms with Gasteiger partial charge in [-0.2, -0.15) is 0 Å². The molecular formula is C24H35N3O4. The Balaban J connectivity index is 1.95. The second-order valence-electron chi connectivity index (χ2n) is 8.81. The molecule has 1 aromatic carbocycles. The molecule has 170 valence electrons. The number of Topliss-reactive ketones (excluding diaryl/α,β-unsaturated/α-hetero) is 1. The molecule has 0 fully saturated rings. The average Bonchev–Trinajstić information content (AvgIpc) is 2.72. The van der Waals surface area contributed by atoms with E-state index in [1.165, 1.54) is 0 Å². The number of anilines is 1. The molecule has 1 unspecified atom stereocenters. The number of hydrogen-bond donors (Lipinski definition) is 2. The van der Waals surface area contributed by atoms with Crippen LogP contribution in [0.2, 0.25) is 0 Å². The molecule has 0 aliphatic heterocycles. The van der Waals surface area contributed by atoms with Gasteiger partial charge in [0.25, 0.3) is 5.91 Å². The van der Waals surface area contributed by atoms with Crippen molar-refractivity contribution in [3.8, 4) is 0 Å². The van der Waals surface area contributed by atoms with Crippen molar-refractivity contribution in [1.82, 2.24) is 5.32 Å². The first-order valence-corrected chi connectivity index (χ1v) is 11.0. The fourth-order valence-corrected chi connectivity index (χ4v) is 3.52. The number of carbonyl (C=O) groups is 2. The molecule has 0 spiro atoms. The number of nitrogens with two attached hydrogens (primary N) is 1. The standard InChI is InChI=1S/C24H35N3O4/c1-6-27(7-2)17-12-11-16-14-18(23(30)31-20(16)15-17)22(29)26-13-9-8-10-19(25)21(28)24(3,4)5/h11-12,14-15,19H,6-10,13,25H2,1-5H3,(H,26,29). The molecular weight excluding hydrogens is 394 g/mol. The normalized spacial score (nSPS) is 12.6. The minimum atomic E-state index is -0.653. The maximum absolute atomic E-state index is 12.5. The molecule has 0 saturated heterocycles. The highest BCUT2D eigenvalue weighted by Gasteiger charge is 2.26. The summed E-state index contributed by atoms with van der Waals surface area (Å²) in [5.41, 5.74) is 6.28. The Bertz CT molecular complexity index is 971. The summed E-state index contributed by atoms with van der Waals surface area (Å²) in [5.74, 6) is -0.423. The van der Waals surface area contributed by atoms with Crippen molar-refractivity contribution in [2.45, 2.75) is 59.9 Å². The van der Waals surface area contributed by atoms with E-state index in [9.17, 15) is 14.4 Å². The second kappa shape index (κ2) is 10.6. The van der Waals surface area contributed by atoms with E-state index in [0.29, 0.717) is 36.8 Å². The predicted molar refractivity (Wildman–Crippen MR) is 125 cm³/mol. The third-order valence-corrected chi connectivity index (χ3v) is 5.40. The highest BCUT2D eigenvalue weighted by Crippen LogP contribution is 2.22. The Morgan fingerprint density at radius 1 is 1.13 bits per heavy atom. The van der Waals surface area contributed by atoms with Crippen molar-refractivity contribution in [2.75, 3.05) is 24.5 Å². The van der Waals surface area contributed by atoms with Crippen LogP contribution in [0.25, 0.3) is 11.0 Å². The lowest BCUT2D eigenvalue weighted by Gasteiger charge is -2.21. The molecule has 0 saturated carbocycles. The minimum Gasteiger partial charge on any atom is -0.422 e. The smallest absolute Gasteiger partial charge is 0.349 e. The van der Waals surface area contributed by atoms with Crippen molar-refractivity contribution in [1.29, 1.82) is 0 Å². The molecule has 0 radical (unpaired) electrons. The van der Waals surface area contributed by atoms with E-state index in [0.717, 1.165) is 18.8 Å². The van der Waals surface area contributed by atoms with Crippen LogP contribution < -0.4 is 21.6 Å². The van der Waals surface area contributed by atoms with Crippen molar-refractivity contribution < 1.29 is 14.0 Å². The molecule has 1 aromatic heterocycles. The number of carbonyl (C=O) groups excluding carboxylic acids is 2. The van der Waals surface area contributed by atoms with E-state index < -0.39 is 23.0 Å². The Hall–Kier alpha value is -2.67. The number of amides is 1. The summed E-state index contributed by atoms with van der Waals surface area (Å²) in [7, 11) is 0. The lowest BCUT2D eigenvalue weighted by molar-refractivity contribution is -0.127. The Morgan fingerprint density at radius 3 is 2.42 bits per heavy atom. The lowest BCUT2D eigenvalue weighted by Crippen LogP contribution is -2.38. The molecule has 7 nitrogen and oxygen atoms in total. The fourth-order valence-electron chi connectivity index (χ4n) is 3.52. The number of nitrogens with one attached hydrogen (secondary N) is 1. The summed E-state index contributed by atoms with van der Waals surface area (Å²) >= 11 is 0. The van der Waals surface area contributed by atoms with Gasteiger partial charge in [-0.1, -0.05) is 20.8 Å². The van der Waals surface area contributed by atoms with Gasteiger partial charge in [-0.05, 0) is 51.3 Å². The van der Waals surface area contributed by atoms with Gasteiger partial charge < -0.3 is 20.4 Å². The Labute approximate surface area is 184 Å². The molecule has 2 aromatic rings. The number of rotatable bonds is 10. The first kappa shape index (κ1) is 24.6. The highest BCUT2D eigenvalue weighted by molar-refractivity contribution is 5.97. The largest absolute Gasteiger partial charge is 0.422 e. The van der Waals surface area contributed by atoms with Crippen LogP contribution in [0.5, 0.6) is 0 Å². The van der Waals surface area contributed by atoms with Crippen LogP contribution in [0.15, 0.2) is 33.5 Å². The lowest BCUT2D eigenvalue weighted by atomic mass is 9.85. The summed E-state index contributed by atoms with van der Waals surface area (Å²) in [6.07, 6.45) is 1.95. The van der Waals surface area contributed by atoms with E-state index in [1.54, 1.807) is 6.07 Å². The summed E-state index contributed by atoms with van der Waals surface area (Å²) in [6, 6.07) is 6.72. The van der Waals surface area contributed by atoms with Gasteiger partial charge >= 0.3 is 5.63 Å². The summed E-state index contributed by atoms with van der Waals surface area (Å²) < 4.78 is 5.41. The van der Waals surface area contributed by atoms with E-state index >= 15 is 0 Å². The van der Waals surface area contributed by atoms with Crippen LogP contribution in [0.1, 0.15) is 64.2 Å². The van der Waals surface area contributed by atoms with Gasteiger partial charge in [0.15, 0.2) is 5.78 Å². The highest BCUT2D eigenvalue weighted by atomic mass is 16.4. The molecule has 1 heterocycles. The molecule has 0 aliphatic carbocycles. The predicted octanol–water partition coefficient (Wildman–Crippen LogP) is 3.48. The van der Waals surface area contributed by atoms with Gasteiger partial charge in [0.1, 0.15) is 11.1 Å². The molecule has 1 amide bonds. The SMILES string of the molecule is CCN(CC)c1ccc2cc(C(=O)NCCCCC(N)C(=O)C(C)(C)C)c(=O)oc2c1. The molecule has 0 bridgehead atoms. The Morgan fingerprint density at radius 2 is 1.81 bits per heavy atom. The Kier molecular flexibility index (Phi) is 8.39. The quantitative estimate of drug-likeness (QED) is 0.442. The van der Waals surface area contributed by atoms with Gasteiger partial charge in [0.05, 0.1) is 6.04 Å². The second-order valence-corrected chi connectivity index (χ2v) is 8.81.